The zero-order chi connectivity index (χ0) is 24.3. The van der Waals surface area contributed by atoms with Gasteiger partial charge in [0.1, 0.15) is 5.78 Å². The molecule has 1 aromatic carbocycles. The quantitative estimate of drug-likeness (QED) is 0.212. The Morgan fingerprint density at radius 2 is 1.85 bits per heavy atom. The van der Waals surface area contributed by atoms with Crippen molar-refractivity contribution in [3.05, 3.63) is 52.1 Å². The largest absolute Gasteiger partial charge is 0.300 e. The van der Waals surface area contributed by atoms with E-state index in [4.69, 9.17) is 0 Å². The number of ketones is 2. The average molecular weight is 482 g/mol. The lowest BCUT2D eigenvalue weighted by Crippen LogP contribution is -2.51. The predicted molar refractivity (Wildman–Crippen MR) is 133 cm³/mol. The van der Waals surface area contributed by atoms with Gasteiger partial charge in [-0.15, -0.1) is 0 Å². The standard InChI is InChI=1S/C28H35NO4S/c1-17(30)25-22(26(29(32)33)34-20-7-5-4-6-8-20)16-24-21-10-9-18-15-19(31)11-13-27(18,2)23(21)12-14-28(24,25)3/h4-8,15,21-26H,9-14,16H2,1-3H3/t21-,22-,23+,24+,25+,26?,27+,28+/m1/s1. The monoisotopic (exact) mass is 481 g/mol. The van der Waals surface area contributed by atoms with Gasteiger partial charge in [0.15, 0.2) is 5.78 Å². The number of fused-ring (bicyclic) bond motifs is 5. The molecule has 3 saturated carbocycles. The number of nitrogens with zero attached hydrogens (tertiary/aromatic N) is 1. The van der Waals surface area contributed by atoms with Gasteiger partial charge in [-0.1, -0.05) is 37.6 Å². The minimum atomic E-state index is -0.820. The van der Waals surface area contributed by atoms with Crippen LogP contribution in [0.1, 0.15) is 65.7 Å². The number of carbonyl (C=O) groups excluding carboxylic acids is 2. The minimum absolute atomic E-state index is 0.0588. The molecular weight excluding hydrogens is 446 g/mol. The van der Waals surface area contributed by atoms with Gasteiger partial charge in [-0.2, -0.15) is 0 Å². The van der Waals surface area contributed by atoms with Crippen LogP contribution in [0, 0.1) is 50.5 Å². The molecule has 0 aliphatic heterocycles. The van der Waals surface area contributed by atoms with Crippen LogP contribution in [0.2, 0.25) is 0 Å². The molecule has 1 aromatic rings. The van der Waals surface area contributed by atoms with Crippen LogP contribution in [0.4, 0.5) is 0 Å². The van der Waals surface area contributed by atoms with Crippen LogP contribution in [0.3, 0.4) is 0 Å². The molecule has 34 heavy (non-hydrogen) atoms. The fraction of sp³-hybridized carbons (Fsp3) is 0.643. The van der Waals surface area contributed by atoms with Crippen LogP contribution in [-0.4, -0.2) is 21.9 Å². The second-order valence-corrected chi connectivity index (χ2v) is 12.8. The van der Waals surface area contributed by atoms with E-state index < -0.39 is 5.37 Å². The predicted octanol–water partition coefficient (Wildman–Crippen LogP) is 6.34. The maximum Gasteiger partial charge on any atom is 0.266 e. The maximum absolute atomic E-state index is 13.1. The summed E-state index contributed by atoms with van der Waals surface area (Å²) in [6, 6.07) is 9.57. The molecule has 0 heterocycles. The van der Waals surface area contributed by atoms with Crippen molar-refractivity contribution < 1.29 is 14.5 Å². The lowest BCUT2D eigenvalue weighted by Gasteiger charge is -2.58. The van der Waals surface area contributed by atoms with Crippen molar-refractivity contribution in [1.29, 1.82) is 0 Å². The normalized spacial score (nSPS) is 39.9. The van der Waals surface area contributed by atoms with E-state index >= 15 is 0 Å². The van der Waals surface area contributed by atoms with Crippen LogP contribution in [-0.2, 0) is 9.59 Å². The van der Waals surface area contributed by atoms with Crippen molar-refractivity contribution in [1.82, 2.24) is 0 Å². The van der Waals surface area contributed by atoms with Gasteiger partial charge < -0.3 is 0 Å². The van der Waals surface area contributed by atoms with Crippen LogP contribution in [0.15, 0.2) is 46.9 Å². The highest BCUT2D eigenvalue weighted by Gasteiger charge is 2.64. The number of carbonyl (C=O) groups is 2. The number of Topliss-reactive ketones (excluding diaryl/α,β-unsaturated/α-hetero) is 1. The van der Waals surface area contributed by atoms with Gasteiger partial charge in [0.05, 0.1) is 0 Å². The Kier molecular flexibility index (Phi) is 6.02. The molecule has 1 unspecified atom stereocenters. The molecule has 4 aliphatic carbocycles. The van der Waals surface area contributed by atoms with Gasteiger partial charge in [-0.05, 0) is 104 Å². The summed E-state index contributed by atoms with van der Waals surface area (Å²) < 4.78 is 0. The molecule has 8 atom stereocenters. The van der Waals surface area contributed by atoms with E-state index in [1.807, 2.05) is 36.4 Å². The van der Waals surface area contributed by atoms with E-state index in [2.05, 4.69) is 13.8 Å². The number of hydrogen-bond donors (Lipinski definition) is 0. The number of allylic oxidation sites excluding steroid dienone is 1. The van der Waals surface area contributed by atoms with Crippen molar-refractivity contribution in [2.75, 3.05) is 0 Å². The SMILES string of the molecule is CC(=O)[C@H]1[C@H](C(Sc2ccccc2)[N+](=O)[O-])C[C@H]2[C@@H]3CCC4=CC(=O)CC[C@]4(C)[C@H]3CC[C@@]21C. The van der Waals surface area contributed by atoms with Crippen molar-refractivity contribution in [2.45, 2.75) is 76.0 Å². The number of hydrogen-bond acceptors (Lipinski definition) is 5. The molecule has 182 valence electrons. The lowest BCUT2D eigenvalue weighted by atomic mass is 9.46. The summed E-state index contributed by atoms with van der Waals surface area (Å²) in [4.78, 5) is 38.3. The third kappa shape index (κ3) is 3.68. The zero-order valence-electron chi connectivity index (χ0n) is 20.4. The summed E-state index contributed by atoms with van der Waals surface area (Å²) in [6.07, 6.45) is 8.19. The summed E-state index contributed by atoms with van der Waals surface area (Å²) in [5.41, 5.74) is 1.20. The molecule has 4 aliphatic rings. The second kappa shape index (κ2) is 8.61. The average Bonchev–Trinajstić information content (AvgIpc) is 3.11. The van der Waals surface area contributed by atoms with Crippen LogP contribution in [0.25, 0.3) is 0 Å². The first-order valence-electron chi connectivity index (χ1n) is 12.7. The Hall–Kier alpha value is -1.95. The highest BCUT2D eigenvalue weighted by molar-refractivity contribution is 7.99. The third-order valence-corrected chi connectivity index (χ3v) is 11.4. The van der Waals surface area contributed by atoms with E-state index in [-0.39, 0.29) is 39.2 Å². The summed E-state index contributed by atoms with van der Waals surface area (Å²) in [5.74, 6) is 1.12. The first-order chi connectivity index (χ1) is 16.1. The van der Waals surface area contributed by atoms with Crippen molar-refractivity contribution in [3.63, 3.8) is 0 Å². The third-order valence-electron chi connectivity index (χ3n) is 10.1. The molecule has 0 aromatic heterocycles. The lowest BCUT2D eigenvalue weighted by molar-refractivity contribution is -0.505. The van der Waals surface area contributed by atoms with E-state index in [0.29, 0.717) is 24.2 Å². The molecule has 0 radical (unpaired) electrons. The first-order valence-corrected chi connectivity index (χ1v) is 13.6. The molecule has 0 bridgehead atoms. The van der Waals surface area contributed by atoms with E-state index in [1.54, 1.807) is 6.92 Å². The van der Waals surface area contributed by atoms with Gasteiger partial charge in [0.2, 0.25) is 0 Å². The molecule has 0 N–H and O–H groups in total. The van der Waals surface area contributed by atoms with Crippen LogP contribution < -0.4 is 0 Å². The minimum Gasteiger partial charge on any atom is -0.300 e. The Labute approximate surface area is 206 Å². The van der Waals surface area contributed by atoms with Crippen molar-refractivity contribution >= 4 is 23.3 Å². The van der Waals surface area contributed by atoms with Gasteiger partial charge in [0, 0.05) is 28.1 Å². The van der Waals surface area contributed by atoms with Crippen LogP contribution in [0.5, 0.6) is 0 Å². The first kappa shape index (κ1) is 23.8. The van der Waals surface area contributed by atoms with E-state index in [9.17, 15) is 19.7 Å². The Bertz CT molecular complexity index is 1040. The highest BCUT2D eigenvalue weighted by atomic mass is 32.2. The fourth-order valence-corrected chi connectivity index (χ4v) is 9.75. The molecule has 5 nitrogen and oxygen atoms in total. The summed E-state index contributed by atoms with van der Waals surface area (Å²) in [6.45, 7) is 6.25. The summed E-state index contributed by atoms with van der Waals surface area (Å²) >= 11 is 1.31. The summed E-state index contributed by atoms with van der Waals surface area (Å²) in [7, 11) is 0. The Balaban J connectivity index is 1.49. The van der Waals surface area contributed by atoms with Gasteiger partial charge in [-0.25, -0.2) is 0 Å². The van der Waals surface area contributed by atoms with Gasteiger partial charge in [-0.3, -0.25) is 19.7 Å². The molecule has 6 heteroatoms. The second-order valence-electron chi connectivity index (χ2n) is 11.6. The van der Waals surface area contributed by atoms with Crippen LogP contribution >= 0.6 is 11.8 Å². The fourth-order valence-electron chi connectivity index (χ4n) is 8.63. The number of benzene rings is 1. The molecule has 3 fully saturated rings. The molecule has 0 saturated heterocycles. The zero-order valence-corrected chi connectivity index (χ0v) is 21.2. The Morgan fingerprint density at radius 1 is 1.12 bits per heavy atom. The van der Waals surface area contributed by atoms with E-state index in [1.165, 1.54) is 17.3 Å². The smallest absolute Gasteiger partial charge is 0.266 e. The van der Waals surface area contributed by atoms with Crippen molar-refractivity contribution in [2.24, 2.45) is 40.4 Å². The van der Waals surface area contributed by atoms with Crippen molar-refractivity contribution in [3.8, 4) is 0 Å². The maximum atomic E-state index is 13.1. The topological polar surface area (TPSA) is 77.3 Å². The molecular formula is C28H35NO4S. The molecule has 0 spiro atoms. The number of nitro groups is 1. The van der Waals surface area contributed by atoms with E-state index in [0.717, 1.165) is 43.4 Å². The highest BCUT2D eigenvalue weighted by Crippen LogP contribution is 2.68. The summed E-state index contributed by atoms with van der Waals surface area (Å²) in [5, 5.41) is 11.5. The molecule has 5 rings (SSSR count). The number of rotatable bonds is 5. The van der Waals surface area contributed by atoms with Gasteiger partial charge in [0.25, 0.3) is 5.37 Å². The van der Waals surface area contributed by atoms with Gasteiger partial charge >= 0.3 is 0 Å². The Morgan fingerprint density at radius 3 is 2.53 bits per heavy atom. The molecule has 0 amide bonds. The number of thioether (sulfide) groups is 1.